The maximum absolute atomic E-state index is 10.8. The Morgan fingerprint density at radius 1 is 1.09 bits per heavy atom. The lowest BCUT2D eigenvalue weighted by atomic mass is 9.49. The van der Waals surface area contributed by atoms with Crippen molar-refractivity contribution >= 4 is 0 Å². The van der Waals surface area contributed by atoms with E-state index >= 15 is 0 Å². The van der Waals surface area contributed by atoms with Crippen LogP contribution in [-0.4, -0.2) is 27.2 Å². The third-order valence-electron chi connectivity index (χ3n) is 7.60. The largest absolute Gasteiger partial charge is 0.387 e. The van der Waals surface area contributed by atoms with Gasteiger partial charge in [-0.15, -0.1) is 0 Å². The molecule has 4 aliphatic carbocycles. The Morgan fingerprint density at radius 2 is 1.86 bits per heavy atom. The molecule has 2 fully saturated rings. The van der Waals surface area contributed by atoms with Crippen LogP contribution in [0.3, 0.4) is 0 Å². The Hall–Kier alpha value is -0.640. The summed E-state index contributed by atoms with van der Waals surface area (Å²) in [5.74, 6) is -1.69. The van der Waals surface area contributed by atoms with Crippen LogP contribution in [0.4, 0.5) is 0 Å². The molecular weight excluding hydrogens is 276 g/mol. The van der Waals surface area contributed by atoms with E-state index in [1.807, 2.05) is 6.92 Å². The minimum atomic E-state index is -2.00. The first kappa shape index (κ1) is 14.9. The monoisotopic (exact) mass is 304 g/mol. The quantitative estimate of drug-likeness (QED) is 0.603. The van der Waals surface area contributed by atoms with Crippen LogP contribution in [0.2, 0.25) is 0 Å². The Bertz CT molecular complexity index is 561. The highest BCUT2D eigenvalue weighted by Crippen LogP contribution is 2.63. The van der Waals surface area contributed by atoms with E-state index < -0.39 is 17.3 Å². The Labute approximate surface area is 132 Å². The van der Waals surface area contributed by atoms with Gasteiger partial charge in [-0.1, -0.05) is 31.6 Å². The van der Waals surface area contributed by atoms with E-state index in [0.717, 1.165) is 25.7 Å². The molecule has 5 unspecified atom stereocenters. The predicted octanol–water partition coefficient (Wildman–Crippen LogP) is 2.91. The first-order chi connectivity index (χ1) is 10.3. The molecule has 0 aliphatic heterocycles. The highest BCUT2D eigenvalue weighted by Gasteiger charge is 2.63. The molecule has 4 aliphatic rings. The molecule has 3 heteroatoms. The van der Waals surface area contributed by atoms with E-state index in [9.17, 15) is 15.3 Å². The fourth-order valence-electron chi connectivity index (χ4n) is 6.05. The number of aliphatic hydroxyl groups is 3. The Morgan fingerprint density at radius 3 is 2.64 bits per heavy atom. The molecule has 2 saturated carbocycles. The molecule has 3 N–H and O–H groups in total. The summed E-state index contributed by atoms with van der Waals surface area (Å²) in [5.41, 5.74) is 2.55. The molecule has 0 spiro atoms. The van der Waals surface area contributed by atoms with Crippen molar-refractivity contribution in [2.24, 2.45) is 22.7 Å². The van der Waals surface area contributed by atoms with Crippen molar-refractivity contribution in [3.05, 3.63) is 23.3 Å². The van der Waals surface area contributed by atoms with Gasteiger partial charge in [-0.2, -0.15) is 0 Å². The summed E-state index contributed by atoms with van der Waals surface area (Å²) in [5, 5.41) is 31.8. The zero-order valence-corrected chi connectivity index (χ0v) is 13.7. The number of hydrogen-bond donors (Lipinski definition) is 3. The lowest BCUT2D eigenvalue weighted by molar-refractivity contribution is -0.326. The summed E-state index contributed by atoms with van der Waals surface area (Å²) in [7, 11) is 0. The molecule has 0 amide bonds. The maximum Gasteiger partial charge on any atom is 0.196 e. The fourth-order valence-corrected chi connectivity index (χ4v) is 6.05. The van der Waals surface area contributed by atoms with Crippen molar-refractivity contribution in [1.29, 1.82) is 0 Å². The molecule has 0 radical (unpaired) electrons. The minimum absolute atomic E-state index is 0.144. The Balaban J connectivity index is 1.87. The van der Waals surface area contributed by atoms with Crippen LogP contribution in [0.25, 0.3) is 0 Å². The topological polar surface area (TPSA) is 60.7 Å². The van der Waals surface area contributed by atoms with Gasteiger partial charge in [-0.05, 0) is 67.8 Å². The van der Waals surface area contributed by atoms with E-state index in [4.69, 9.17) is 0 Å². The van der Waals surface area contributed by atoms with Crippen LogP contribution in [0.1, 0.15) is 58.8 Å². The van der Waals surface area contributed by atoms with Crippen molar-refractivity contribution in [1.82, 2.24) is 0 Å². The smallest absolute Gasteiger partial charge is 0.196 e. The van der Waals surface area contributed by atoms with Gasteiger partial charge < -0.3 is 15.3 Å². The van der Waals surface area contributed by atoms with Crippen LogP contribution < -0.4 is 0 Å². The number of rotatable bonds is 0. The van der Waals surface area contributed by atoms with E-state index in [1.165, 1.54) is 18.4 Å². The van der Waals surface area contributed by atoms with Gasteiger partial charge in [0.25, 0.3) is 0 Å². The highest BCUT2D eigenvalue weighted by molar-refractivity contribution is 5.42. The van der Waals surface area contributed by atoms with E-state index in [0.29, 0.717) is 11.8 Å². The average molecular weight is 304 g/mol. The van der Waals surface area contributed by atoms with Crippen LogP contribution in [-0.2, 0) is 0 Å². The minimum Gasteiger partial charge on any atom is -0.387 e. The average Bonchev–Trinajstić information content (AvgIpc) is 2.86. The molecule has 0 saturated heterocycles. The van der Waals surface area contributed by atoms with Gasteiger partial charge >= 0.3 is 0 Å². The van der Waals surface area contributed by atoms with Gasteiger partial charge in [0.15, 0.2) is 5.79 Å². The highest BCUT2D eigenvalue weighted by atomic mass is 16.5. The molecule has 0 aromatic heterocycles. The lowest BCUT2D eigenvalue weighted by Crippen LogP contribution is -2.65. The fraction of sp³-hybridized carbons (Fsp3) is 0.789. The first-order valence-corrected chi connectivity index (χ1v) is 8.85. The summed E-state index contributed by atoms with van der Waals surface area (Å²) in [4.78, 5) is 0. The predicted molar refractivity (Wildman–Crippen MR) is 84.9 cm³/mol. The lowest BCUT2D eigenvalue weighted by Gasteiger charge is -2.59. The number of hydrogen-bond acceptors (Lipinski definition) is 3. The zero-order valence-electron chi connectivity index (χ0n) is 13.7. The summed E-state index contributed by atoms with van der Waals surface area (Å²) in [6.07, 6.45) is 10.5. The second-order valence-corrected chi connectivity index (χ2v) is 8.51. The standard InChI is InChI=1S/C19H28O3/c1-17-10-3-4-14(17)13-7-5-12-6-8-16(20)19(21,22)18(12,2)15(13)9-11-17/h5,7,12,15-16,20-22H,3-4,6,8-11H2,1-2H3. The molecule has 3 nitrogen and oxygen atoms in total. The Kier molecular flexibility index (Phi) is 3.03. The molecule has 0 bridgehead atoms. The maximum atomic E-state index is 10.8. The summed E-state index contributed by atoms with van der Waals surface area (Å²) < 4.78 is 0. The van der Waals surface area contributed by atoms with Crippen molar-refractivity contribution in [2.45, 2.75) is 70.7 Å². The zero-order chi connectivity index (χ0) is 15.8. The molecule has 122 valence electrons. The van der Waals surface area contributed by atoms with Crippen LogP contribution in [0.5, 0.6) is 0 Å². The second-order valence-electron chi connectivity index (χ2n) is 8.51. The molecule has 5 atom stereocenters. The van der Waals surface area contributed by atoms with Gasteiger partial charge in [0.2, 0.25) is 0 Å². The number of allylic oxidation sites excluding steroid dienone is 4. The van der Waals surface area contributed by atoms with Crippen molar-refractivity contribution < 1.29 is 15.3 Å². The summed E-state index contributed by atoms with van der Waals surface area (Å²) in [6.45, 7) is 4.37. The first-order valence-electron chi connectivity index (χ1n) is 8.85. The van der Waals surface area contributed by atoms with Gasteiger partial charge in [-0.3, -0.25) is 0 Å². The molecule has 22 heavy (non-hydrogen) atoms. The van der Waals surface area contributed by atoms with Crippen molar-refractivity contribution in [3.63, 3.8) is 0 Å². The number of fused-ring (bicyclic) bond motifs is 4. The van der Waals surface area contributed by atoms with Gasteiger partial charge in [0.1, 0.15) is 6.10 Å². The number of aliphatic hydroxyl groups excluding tert-OH is 1. The van der Waals surface area contributed by atoms with Crippen LogP contribution in [0, 0.1) is 22.7 Å². The van der Waals surface area contributed by atoms with Gasteiger partial charge in [0, 0.05) is 5.41 Å². The third-order valence-corrected chi connectivity index (χ3v) is 7.60. The molecule has 0 aromatic carbocycles. The molecule has 4 rings (SSSR count). The van der Waals surface area contributed by atoms with Crippen LogP contribution >= 0.6 is 0 Å². The second kappa shape index (κ2) is 4.46. The normalized spacial score (nSPS) is 49.6. The molecule has 0 aromatic rings. The van der Waals surface area contributed by atoms with Crippen LogP contribution in [0.15, 0.2) is 23.3 Å². The summed E-state index contributed by atoms with van der Waals surface area (Å²) in [6, 6.07) is 0. The molecular formula is C19H28O3. The third kappa shape index (κ3) is 1.63. The van der Waals surface area contributed by atoms with E-state index in [-0.39, 0.29) is 11.8 Å². The van der Waals surface area contributed by atoms with E-state index in [2.05, 4.69) is 19.1 Å². The van der Waals surface area contributed by atoms with Gasteiger partial charge in [0.05, 0.1) is 0 Å². The SMILES string of the molecule is CC12CCCC1=C1C=CC3CCC(O)C(O)(O)C3(C)C1CC2. The van der Waals surface area contributed by atoms with Crippen molar-refractivity contribution in [2.75, 3.05) is 0 Å². The van der Waals surface area contributed by atoms with Gasteiger partial charge in [-0.25, -0.2) is 0 Å². The molecule has 0 heterocycles. The van der Waals surface area contributed by atoms with E-state index in [1.54, 1.807) is 5.57 Å². The van der Waals surface area contributed by atoms with Crippen molar-refractivity contribution in [3.8, 4) is 0 Å². The summed E-state index contributed by atoms with van der Waals surface area (Å²) >= 11 is 0.